The molecular weight excluding hydrogens is 399 g/mol. The summed E-state index contributed by atoms with van der Waals surface area (Å²) in [7, 11) is 1.68. The van der Waals surface area contributed by atoms with Crippen molar-refractivity contribution in [2.24, 2.45) is 5.92 Å². The van der Waals surface area contributed by atoms with Crippen LogP contribution in [0.5, 0.6) is 5.75 Å². The second-order valence-corrected chi connectivity index (χ2v) is 6.54. The van der Waals surface area contributed by atoms with Crippen LogP contribution in [0.1, 0.15) is 11.1 Å². The fraction of sp³-hybridized carbons (Fsp3) is 0.294. The molecular formula is C17H17Br2FO. The summed E-state index contributed by atoms with van der Waals surface area (Å²) in [6.45, 7) is 0. The van der Waals surface area contributed by atoms with Gasteiger partial charge in [-0.3, -0.25) is 0 Å². The number of halogens is 3. The van der Waals surface area contributed by atoms with Gasteiger partial charge in [0.1, 0.15) is 11.6 Å². The molecule has 21 heavy (non-hydrogen) atoms. The quantitative estimate of drug-likeness (QED) is 0.574. The molecule has 0 aliphatic heterocycles. The molecule has 0 fully saturated rings. The summed E-state index contributed by atoms with van der Waals surface area (Å²) in [5.41, 5.74) is 1.89. The Balaban J connectivity index is 2.15. The predicted octanol–water partition coefficient (Wildman–Crippen LogP) is 5.39. The molecule has 0 aliphatic carbocycles. The van der Waals surface area contributed by atoms with E-state index < -0.39 is 0 Å². The molecule has 2 aromatic carbocycles. The van der Waals surface area contributed by atoms with Crippen molar-refractivity contribution in [3.63, 3.8) is 0 Å². The molecule has 0 aliphatic rings. The van der Waals surface area contributed by atoms with E-state index in [4.69, 9.17) is 4.74 Å². The van der Waals surface area contributed by atoms with Crippen LogP contribution in [-0.2, 0) is 12.8 Å². The minimum absolute atomic E-state index is 0.149. The smallest absolute Gasteiger partial charge is 0.126 e. The zero-order valence-electron chi connectivity index (χ0n) is 11.8. The third-order valence-corrected chi connectivity index (χ3v) is 4.84. The molecule has 0 bridgehead atoms. The van der Waals surface area contributed by atoms with E-state index in [-0.39, 0.29) is 5.82 Å². The van der Waals surface area contributed by atoms with E-state index in [9.17, 15) is 4.39 Å². The van der Waals surface area contributed by atoms with Crippen molar-refractivity contribution >= 4 is 31.9 Å². The van der Waals surface area contributed by atoms with Crippen molar-refractivity contribution in [2.45, 2.75) is 12.8 Å². The first-order chi connectivity index (χ1) is 10.1. The lowest BCUT2D eigenvalue weighted by atomic mass is 9.93. The summed E-state index contributed by atoms with van der Waals surface area (Å²) in [5, 5.41) is 0.816. The highest BCUT2D eigenvalue weighted by atomic mass is 79.9. The summed E-state index contributed by atoms with van der Waals surface area (Å²) in [4.78, 5) is 0. The third kappa shape index (κ3) is 4.55. The zero-order chi connectivity index (χ0) is 15.2. The van der Waals surface area contributed by atoms with E-state index in [0.29, 0.717) is 12.3 Å². The van der Waals surface area contributed by atoms with Gasteiger partial charge >= 0.3 is 0 Å². The van der Waals surface area contributed by atoms with Crippen LogP contribution in [0.2, 0.25) is 0 Å². The van der Waals surface area contributed by atoms with Crippen molar-refractivity contribution < 1.29 is 9.13 Å². The molecule has 0 N–H and O–H groups in total. The summed E-state index contributed by atoms with van der Waals surface area (Å²) in [5.74, 6) is 1.05. The van der Waals surface area contributed by atoms with E-state index in [1.54, 1.807) is 13.2 Å². The molecule has 0 heterocycles. The van der Waals surface area contributed by atoms with Crippen molar-refractivity contribution in [3.05, 3.63) is 63.9 Å². The van der Waals surface area contributed by atoms with Crippen LogP contribution in [0.3, 0.4) is 0 Å². The van der Waals surface area contributed by atoms with Crippen LogP contribution in [0, 0.1) is 11.7 Å². The Morgan fingerprint density at radius 3 is 2.52 bits per heavy atom. The van der Waals surface area contributed by atoms with Crippen LogP contribution >= 0.6 is 31.9 Å². The third-order valence-electron chi connectivity index (χ3n) is 3.44. The Morgan fingerprint density at radius 2 is 1.81 bits per heavy atom. The SMILES string of the molecule is COc1ccccc1CC(CBr)Cc1cc(Br)ccc1F. The topological polar surface area (TPSA) is 9.23 Å². The highest BCUT2D eigenvalue weighted by molar-refractivity contribution is 9.10. The number of hydrogen-bond donors (Lipinski definition) is 0. The van der Waals surface area contributed by atoms with Crippen LogP contribution in [-0.4, -0.2) is 12.4 Å². The van der Waals surface area contributed by atoms with E-state index in [1.807, 2.05) is 24.3 Å². The highest BCUT2D eigenvalue weighted by Crippen LogP contribution is 2.25. The van der Waals surface area contributed by atoms with E-state index in [0.717, 1.165) is 33.1 Å². The second-order valence-electron chi connectivity index (χ2n) is 4.98. The van der Waals surface area contributed by atoms with Crippen molar-refractivity contribution in [1.29, 1.82) is 0 Å². The number of benzene rings is 2. The fourth-order valence-electron chi connectivity index (χ4n) is 2.37. The number of alkyl halides is 1. The monoisotopic (exact) mass is 414 g/mol. The summed E-state index contributed by atoms with van der Waals surface area (Å²) in [6, 6.07) is 13.1. The van der Waals surface area contributed by atoms with Crippen molar-refractivity contribution in [1.82, 2.24) is 0 Å². The number of methoxy groups -OCH3 is 1. The van der Waals surface area contributed by atoms with Gasteiger partial charge in [-0.2, -0.15) is 0 Å². The first-order valence-electron chi connectivity index (χ1n) is 6.75. The first-order valence-corrected chi connectivity index (χ1v) is 8.67. The Bertz CT molecular complexity index is 601. The predicted molar refractivity (Wildman–Crippen MR) is 91.8 cm³/mol. The van der Waals surface area contributed by atoms with E-state index in [2.05, 4.69) is 37.9 Å². The van der Waals surface area contributed by atoms with Gasteiger partial charge in [0.2, 0.25) is 0 Å². The number of ether oxygens (including phenoxy) is 1. The van der Waals surface area contributed by atoms with Gasteiger partial charge in [-0.05, 0) is 54.2 Å². The van der Waals surface area contributed by atoms with Crippen molar-refractivity contribution in [2.75, 3.05) is 12.4 Å². The van der Waals surface area contributed by atoms with Gasteiger partial charge < -0.3 is 4.74 Å². The van der Waals surface area contributed by atoms with Crippen LogP contribution < -0.4 is 4.74 Å². The molecule has 1 atom stereocenters. The minimum atomic E-state index is -0.149. The molecule has 1 unspecified atom stereocenters. The van der Waals surface area contributed by atoms with Gasteiger partial charge in [0.15, 0.2) is 0 Å². The maximum absolute atomic E-state index is 13.9. The van der Waals surface area contributed by atoms with Gasteiger partial charge in [-0.25, -0.2) is 4.39 Å². The standard InChI is InChI=1S/C17H17Br2FO/c1-21-17-5-3-2-4-13(17)8-12(11-18)9-14-10-15(19)6-7-16(14)20/h2-7,10,12H,8-9,11H2,1H3. The number of para-hydroxylation sites is 1. The van der Waals surface area contributed by atoms with Gasteiger partial charge in [-0.15, -0.1) is 0 Å². The number of rotatable bonds is 6. The Kier molecular flexibility index (Phi) is 6.24. The molecule has 0 aromatic heterocycles. The van der Waals surface area contributed by atoms with Gasteiger partial charge in [-0.1, -0.05) is 50.1 Å². The maximum Gasteiger partial charge on any atom is 0.126 e. The van der Waals surface area contributed by atoms with E-state index in [1.165, 1.54) is 6.07 Å². The molecule has 112 valence electrons. The molecule has 0 amide bonds. The number of hydrogen-bond acceptors (Lipinski definition) is 1. The van der Waals surface area contributed by atoms with E-state index >= 15 is 0 Å². The minimum Gasteiger partial charge on any atom is -0.496 e. The first kappa shape index (κ1) is 16.5. The Hall–Kier alpha value is -0.870. The summed E-state index contributed by atoms with van der Waals surface area (Å²) in [6.07, 6.45) is 1.54. The molecule has 2 aromatic rings. The zero-order valence-corrected chi connectivity index (χ0v) is 15.0. The normalized spacial score (nSPS) is 12.2. The lowest BCUT2D eigenvalue weighted by Crippen LogP contribution is -2.11. The molecule has 0 saturated heterocycles. The molecule has 2 rings (SSSR count). The molecule has 0 saturated carbocycles. The lowest BCUT2D eigenvalue weighted by molar-refractivity contribution is 0.405. The highest BCUT2D eigenvalue weighted by Gasteiger charge is 2.14. The summed E-state index contributed by atoms with van der Waals surface area (Å²) >= 11 is 6.94. The molecule has 4 heteroatoms. The van der Waals surface area contributed by atoms with Crippen molar-refractivity contribution in [3.8, 4) is 5.75 Å². The second kappa shape index (κ2) is 7.95. The van der Waals surface area contributed by atoms with Gasteiger partial charge in [0.25, 0.3) is 0 Å². The average Bonchev–Trinajstić information content (AvgIpc) is 2.50. The van der Waals surface area contributed by atoms with Gasteiger partial charge in [0.05, 0.1) is 7.11 Å². The van der Waals surface area contributed by atoms with Crippen LogP contribution in [0.15, 0.2) is 46.9 Å². The van der Waals surface area contributed by atoms with Crippen LogP contribution in [0.4, 0.5) is 4.39 Å². The fourth-order valence-corrected chi connectivity index (χ4v) is 3.24. The molecule has 0 spiro atoms. The Morgan fingerprint density at radius 1 is 1.10 bits per heavy atom. The lowest BCUT2D eigenvalue weighted by Gasteiger charge is -2.17. The molecule has 1 nitrogen and oxygen atoms in total. The summed E-state index contributed by atoms with van der Waals surface area (Å²) < 4.78 is 20.2. The average molecular weight is 416 g/mol. The molecule has 0 radical (unpaired) electrons. The Labute approximate surface area is 141 Å². The van der Waals surface area contributed by atoms with Crippen LogP contribution in [0.25, 0.3) is 0 Å². The largest absolute Gasteiger partial charge is 0.496 e. The van der Waals surface area contributed by atoms with Gasteiger partial charge in [0, 0.05) is 9.80 Å². The maximum atomic E-state index is 13.9.